The average Bonchev–Trinajstić information content (AvgIpc) is 1.84. The van der Waals surface area contributed by atoms with Crippen LogP contribution >= 0.6 is 11.6 Å². The van der Waals surface area contributed by atoms with E-state index in [1.54, 1.807) is 70.7 Å². The summed E-state index contributed by atoms with van der Waals surface area (Å²) in [6.07, 6.45) is 5.26. The molecule has 0 amide bonds. The zero-order valence-corrected chi connectivity index (χ0v) is 76.3. The van der Waals surface area contributed by atoms with Crippen molar-refractivity contribution in [3.05, 3.63) is 289 Å². The van der Waals surface area contributed by atoms with Crippen LogP contribution in [-0.4, -0.2) is 79.5 Å². The lowest BCUT2D eigenvalue weighted by Crippen LogP contribution is -2.15. The van der Waals surface area contributed by atoms with E-state index in [1.165, 1.54) is 92.3 Å². The first-order valence-corrected chi connectivity index (χ1v) is 41.7. The second-order valence-electron chi connectivity index (χ2n) is 31.5. The second-order valence-corrected chi connectivity index (χ2v) is 31.9. The molecular formula is C101H131ClF7NO11. The average molecular weight is 1700 g/mol. The third-order valence-corrected chi connectivity index (χ3v) is 19.2. The molecule has 0 bridgehead atoms. The zero-order chi connectivity index (χ0) is 91.0. The van der Waals surface area contributed by atoms with Gasteiger partial charge in [-0.25, -0.2) is 42.1 Å². The highest BCUT2D eigenvalue weighted by atomic mass is 35.5. The van der Waals surface area contributed by atoms with Gasteiger partial charge in [0.05, 0.1) is 48.3 Å². The van der Waals surface area contributed by atoms with Gasteiger partial charge in [-0.1, -0.05) is 209 Å². The van der Waals surface area contributed by atoms with Crippen molar-refractivity contribution in [3.8, 4) is 40.2 Å². The highest BCUT2D eigenvalue weighted by Crippen LogP contribution is 2.32. The predicted molar refractivity (Wildman–Crippen MR) is 478 cm³/mol. The molecule has 12 nitrogen and oxygen atoms in total. The van der Waals surface area contributed by atoms with Crippen LogP contribution < -0.4 is 33.2 Å². The molecule has 0 saturated heterocycles. The fraction of sp³-hybridized carbons (Fsp3) is 0.436. The monoisotopic (exact) mass is 1700 g/mol. The van der Waals surface area contributed by atoms with Crippen molar-refractivity contribution in [2.45, 2.75) is 236 Å². The molecule has 10 rings (SSSR count). The maximum absolute atomic E-state index is 13.6. The van der Waals surface area contributed by atoms with Crippen molar-refractivity contribution < 1.29 is 83.0 Å². The minimum absolute atomic E-state index is 0.0802. The minimum atomic E-state index is -0.533. The zero-order valence-electron chi connectivity index (χ0n) is 75.5. The van der Waals surface area contributed by atoms with Crippen molar-refractivity contribution in [3.63, 3.8) is 0 Å². The lowest BCUT2D eigenvalue weighted by molar-refractivity contribution is -0.143. The molecule has 121 heavy (non-hydrogen) atoms. The Hall–Kier alpha value is -10.2. The van der Waals surface area contributed by atoms with Crippen LogP contribution in [0.3, 0.4) is 0 Å². The minimum Gasteiger partial charge on any atom is -0.497 e. The Balaban J connectivity index is 0.000000464. The highest BCUT2D eigenvalue weighted by Gasteiger charge is 2.20. The fourth-order valence-electron chi connectivity index (χ4n) is 11.1. The standard InChI is InChI=1S/C14H19FO3.C14H19FO.C13H16FNO.C12H15FO3.3C10H14O.C9H10ClF.C9H10F2/c1-10(2)11-6-7-12(15)13(9-11)18-8-4-5-14(16)17-3;1-10(2)11-7-8-13(15)14(9-11)16-12-5-3-4-6-12;1-9(2)11-5-6-12(14)13(7-11)16-10(3)8-15-4;1-8(2)9-4-5-10(13)11(6-9)16-7-12(14)15-3;2*1-8(2)9-4-6-10(11-3)7-5-9;1-8(2)9-5-4-6-10(7-9)11-3;1-6(2)8-4-3-7(11)5-9(8)10;1-6(2)8-4-3-7(10)5-9(8)11/h6-7,9-10H,4-5,8H2,1-3H3;7-10,12H,3-6H2,1-2H3;5-7,9-10H,8H2,1-3H3;4-6,8H,7H2,1-3H3;3*4-8H,1-3H3;2*3-6H,1-2H3. The number of methoxy groups -OCH3 is 5. The second kappa shape index (κ2) is 57.9. The molecule has 9 aromatic rings. The Kier molecular flexibility index (Phi) is 51.2. The number of carbonyl (C=O) groups is 2. The van der Waals surface area contributed by atoms with Gasteiger partial charge >= 0.3 is 11.9 Å². The van der Waals surface area contributed by atoms with E-state index in [1.807, 2.05) is 118 Å². The lowest BCUT2D eigenvalue weighted by Gasteiger charge is -2.15. The third-order valence-electron chi connectivity index (χ3n) is 18.8. The number of halogens is 8. The van der Waals surface area contributed by atoms with E-state index in [0.717, 1.165) is 64.0 Å². The molecule has 0 N–H and O–H groups in total. The van der Waals surface area contributed by atoms with E-state index in [4.69, 9.17) is 51.3 Å². The number of esters is 2. The molecule has 20 heteroatoms. The molecular weight excluding hydrogens is 1570 g/mol. The Morgan fingerprint density at radius 3 is 1.15 bits per heavy atom. The summed E-state index contributed by atoms with van der Waals surface area (Å²) in [5.41, 5.74) is 9.74. The van der Waals surface area contributed by atoms with Crippen LogP contribution in [0.2, 0.25) is 5.02 Å². The van der Waals surface area contributed by atoms with Crippen LogP contribution in [0.1, 0.15) is 273 Å². The van der Waals surface area contributed by atoms with Crippen LogP contribution in [-0.2, 0) is 19.1 Å². The molecule has 0 spiro atoms. The fourth-order valence-corrected chi connectivity index (χ4v) is 11.5. The quantitative estimate of drug-likeness (QED) is 0.0235. The smallest absolute Gasteiger partial charge is 0.343 e. The Labute approximate surface area is 722 Å². The number of nitrogens with zero attached hydrogens (tertiary/aromatic N) is 1. The predicted octanol–water partition coefficient (Wildman–Crippen LogP) is 28.8. The summed E-state index contributed by atoms with van der Waals surface area (Å²) in [6, 6.07) is 52.3. The molecule has 1 aliphatic carbocycles. The maximum atomic E-state index is 13.6. The van der Waals surface area contributed by atoms with Crippen molar-refractivity contribution >= 4 is 23.5 Å². The number of benzene rings is 9. The lowest BCUT2D eigenvalue weighted by atomic mass is 10.0. The van der Waals surface area contributed by atoms with Gasteiger partial charge in [0.1, 0.15) is 34.7 Å². The van der Waals surface area contributed by atoms with E-state index in [9.17, 15) is 40.3 Å². The van der Waals surface area contributed by atoms with Gasteiger partial charge in [0.25, 0.3) is 6.54 Å². The first kappa shape index (κ1) is 107. The van der Waals surface area contributed by atoms with Gasteiger partial charge in [-0.3, -0.25) is 4.79 Å². The van der Waals surface area contributed by atoms with E-state index in [2.05, 4.69) is 106 Å². The van der Waals surface area contributed by atoms with Gasteiger partial charge in [0.15, 0.2) is 59.0 Å². The number of hydrogen-bond acceptors (Lipinski definition) is 11. The summed E-state index contributed by atoms with van der Waals surface area (Å²) >= 11 is 5.78. The van der Waals surface area contributed by atoms with Gasteiger partial charge in [-0.2, -0.15) is 0 Å². The van der Waals surface area contributed by atoms with Gasteiger partial charge in [0, 0.05) is 17.5 Å². The van der Waals surface area contributed by atoms with E-state index < -0.39 is 23.4 Å². The number of rotatable bonds is 25. The Morgan fingerprint density at radius 2 is 0.760 bits per heavy atom. The molecule has 0 radical (unpaired) electrons. The Morgan fingerprint density at radius 1 is 0.388 bits per heavy atom. The number of ether oxygens (including phenoxy) is 9. The molecule has 1 saturated carbocycles. The summed E-state index contributed by atoms with van der Waals surface area (Å²) < 4.78 is 137. The van der Waals surface area contributed by atoms with Crippen LogP contribution in [0.25, 0.3) is 4.85 Å². The van der Waals surface area contributed by atoms with Gasteiger partial charge in [-0.05, 0) is 245 Å². The van der Waals surface area contributed by atoms with E-state index >= 15 is 0 Å². The maximum Gasteiger partial charge on any atom is 0.343 e. The van der Waals surface area contributed by atoms with E-state index in [0.29, 0.717) is 70.8 Å². The van der Waals surface area contributed by atoms with Crippen LogP contribution in [0.5, 0.6) is 40.2 Å². The van der Waals surface area contributed by atoms with Crippen molar-refractivity contribution in [1.29, 1.82) is 0 Å². The molecule has 1 fully saturated rings. The Bertz CT molecular complexity index is 4370. The SMILES string of the molecule is CC(C)c1ccc(F)c(OC2CCCC2)c1.CC(C)c1ccc(F)cc1Cl.CC(C)c1ccc(F)cc1F.COC(=O)CCCOc1cc(C(C)C)ccc1F.COC(=O)COc1cc(C(C)C)ccc1F.COc1ccc(C(C)C)cc1.COc1ccc(C(C)C)cc1.COc1cccc(C(C)C)c1.[C-]#[N+]CC(C)Oc1cc(C(C)C)ccc1F. The molecule has 0 aliphatic heterocycles. The number of hydrogen-bond donors (Lipinski definition) is 0. The molecule has 662 valence electrons. The van der Waals surface area contributed by atoms with Crippen LogP contribution in [0.4, 0.5) is 30.7 Å². The van der Waals surface area contributed by atoms with Crippen LogP contribution in [0.15, 0.2) is 182 Å². The molecule has 0 aromatic heterocycles. The summed E-state index contributed by atoms with van der Waals surface area (Å²) in [5.74, 6) is 3.81. The summed E-state index contributed by atoms with van der Waals surface area (Å²) in [4.78, 5) is 24.9. The molecule has 1 atom stereocenters. The van der Waals surface area contributed by atoms with Gasteiger partial charge < -0.3 is 47.5 Å². The van der Waals surface area contributed by atoms with Crippen molar-refractivity contribution in [2.24, 2.45) is 0 Å². The summed E-state index contributed by atoms with van der Waals surface area (Å²) in [7, 11) is 7.66. The van der Waals surface area contributed by atoms with E-state index in [-0.39, 0.29) is 90.1 Å². The summed E-state index contributed by atoms with van der Waals surface area (Å²) in [6.45, 7) is 46.0. The van der Waals surface area contributed by atoms with Gasteiger partial charge in [-0.15, -0.1) is 0 Å². The number of carbonyl (C=O) groups excluding carboxylic acids is 2. The normalized spacial score (nSPS) is 11.5. The van der Waals surface area contributed by atoms with Gasteiger partial charge in [0.2, 0.25) is 0 Å². The summed E-state index contributed by atoms with van der Waals surface area (Å²) in [5, 5.41) is 0.514. The highest BCUT2D eigenvalue weighted by molar-refractivity contribution is 6.31. The molecule has 9 aromatic carbocycles. The topological polar surface area (TPSA) is 122 Å². The molecule has 1 unspecified atom stereocenters. The molecule has 0 heterocycles. The van der Waals surface area contributed by atoms with Crippen molar-refractivity contribution in [1.82, 2.24) is 0 Å². The first-order valence-electron chi connectivity index (χ1n) is 41.3. The van der Waals surface area contributed by atoms with Crippen LogP contribution in [0, 0.1) is 47.3 Å². The van der Waals surface area contributed by atoms with Crippen molar-refractivity contribution in [2.75, 3.05) is 55.3 Å². The first-order chi connectivity index (χ1) is 57.2. The largest absolute Gasteiger partial charge is 0.497 e. The molecule has 1 aliphatic rings. The third kappa shape index (κ3) is 42.2.